The number of aromatic nitrogens is 1. The van der Waals surface area contributed by atoms with Crippen LogP contribution in [0.4, 0.5) is 0 Å². The number of nitrogens with zero attached hydrogens (tertiary/aromatic N) is 2. The first-order valence-electron chi connectivity index (χ1n) is 6.92. The van der Waals surface area contributed by atoms with E-state index in [0.29, 0.717) is 18.8 Å². The van der Waals surface area contributed by atoms with Crippen LogP contribution in [0.2, 0.25) is 0 Å². The van der Waals surface area contributed by atoms with Crippen LogP contribution in [0, 0.1) is 0 Å². The lowest BCUT2D eigenvalue weighted by molar-refractivity contribution is -0.138. The van der Waals surface area contributed by atoms with Crippen molar-refractivity contribution in [3.8, 4) is 11.5 Å². The predicted molar refractivity (Wildman–Crippen MR) is 78.6 cm³/mol. The van der Waals surface area contributed by atoms with E-state index in [2.05, 4.69) is 4.98 Å². The fourth-order valence-corrected chi connectivity index (χ4v) is 2.41. The molecule has 0 atom stereocenters. The van der Waals surface area contributed by atoms with E-state index in [0.717, 1.165) is 16.9 Å². The standard InChI is InChI=1S/C16H16N2O4/c19-16(20)10-18(9-13-2-1-5-17-7-13)8-12-3-4-14-15(6-12)22-11-21-14/h1-7H,8-11H2,(H,19,20). The number of carboxylic acid groups (broad SMARTS) is 1. The van der Waals surface area contributed by atoms with Gasteiger partial charge in [0.2, 0.25) is 6.79 Å². The summed E-state index contributed by atoms with van der Waals surface area (Å²) in [6.07, 6.45) is 3.44. The van der Waals surface area contributed by atoms with Crippen LogP contribution in [0.25, 0.3) is 0 Å². The minimum Gasteiger partial charge on any atom is -0.480 e. The van der Waals surface area contributed by atoms with Crippen LogP contribution < -0.4 is 9.47 Å². The third-order valence-corrected chi connectivity index (χ3v) is 3.33. The highest BCUT2D eigenvalue weighted by Crippen LogP contribution is 2.32. The molecule has 0 bridgehead atoms. The average molecular weight is 300 g/mol. The molecule has 3 rings (SSSR count). The smallest absolute Gasteiger partial charge is 0.317 e. The Hall–Kier alpha value is -2.60. The van der Waals surface area contributed by atoms with Crippen LogP contribution in [0.1, 0.15) is 11.1 Å². The van der Waals surface area contributed by atoms with E-state index in [1.807, 2.05) is 35.2 Å². The molecule has 0 unspecified atom stereocenters. The Balaban J connectivity index is 1.73. The fourth-order valence-electron chi connectivity index (χ4n) is 2.41. The normalized spacial score (nSPS) is 12.6. The first kappa shape index (κ1) is 14.3. The molecule has 6 heteroatoms. The lowest BCUT2D eigenvalue weighted by atomic mass is 10.1. The fraction of sp³-hybridized carbons (Fsp3) is 0.250. The van der Waals surface area contributed by atoms with Crippen molar-refractivity contribution in [2.24, 2.45) is 0 Å². The number of carbonyl (C=O) groups is 1. The molecule has 2 heterocycles. The zero-order valence-corrected chi connectivity index (χ0v) is 11.9. The first-order chi connectivity index (χ1) is 10.7. The van der Waals surface area contributed by atoms with Crippen LogP contribution in [0.15, 0.2) is 42.7 Å². The Bertz CT molecular complexity index is 660. The quantitative estimate of drug-likeness (QED) is 0.878. The molecule has 0 saturated carbocycles. The summed E-state index contributed by atoms with van der Waals surface area (Å²) in [6.45, 7) is 1.23. The number of fused-ring (bicyclic) bond motifs is 1. The summed E-state index contributed by atoms with van der Waals surface area (Å²) in [4.78, 5) is 17.0. The molecule has 0 aliphatic carbocycles. The Morgan fingerprint density at radius 3 is 2.77 bits per heavy atom. The largest absolute Gasteiger partial charge is 0.480 e. The molecule has 22 heavy (non-hydrogen) atoms. The van der Waals surface area contributed by atoms with Crippen molar-refractivity contribution in [3.05, 3.63) is 53.9 Å². The molecule has 1 N–H and O–H groups in total. The SMILES string of the molecule is O=C(O)CN(Cc1cccnc1)Cc1ccc2c(c1)OCO2. The Labute approximate surface area is 127 Å². The summed E-state index contributed by atoms with van der Waals surface area (Å²) in [6, 6.07) is 9.43. The van der Waals surface area contributed by atoms with Crippen LogP contribution in [0.3, 0.4) is 0 Å². The maximum absolute atomic E-state index is 11.1. The zero-order valence-electron chi connectivity index (χ0n) is 11.9. The number of ether oxygens (including phenoxy) is 2. The molecular weight excluding hydrogens is 284 g/mol. The van der Waals surface area contributed by atoms with Crippen LogP contribution in [-0.4, -0.2) is 34.3 Å². The summed E-state index contributed by atoms with van der Waals surface area (Å²) in [5.74, 6) is 0.569. The minimum atomic E-state index is -0.857. The van der Waals surface area contributed by atoms with Gasteiger partial charge in [-0.3, -0.25) is 14.7 Å². The molecule has 0 fully saturated rings. The van der Waals surface area contributed by atoms with Gasteiger partial charge in [-0.05, 0) is 29.3 Å². The van der Waals surface area contributed by atoms with Crippen molar-refractivity contribution in [3.63, 3.8) is 0 Å². The summed E-state index contributed by atoms with van der Waals surface area (Å²) >= 11 is 0. The first-order valence-corrected chi connectivity index (χ1v) is 6.92. The van der Waals surface area contributed by atoms with Gasteiger partial charge in [0.05, 0.1) is 6.54 Å². The highest BCUT2D eigenvalue weighted by atomic mass is 16.7. The van der Waals surface area contributed by atoms with E-state index >= 15 is 0 Å². The summed E-state index contributed by atoms with van der Waals surface area (Å²) in [5, 5.41) is 9.09. The lowest BCUT2D eigenvalue weighted by Crippen LogP contribution is -2.29. The van der Waals surface area contributed by atoms with Gasteiger partial charge in [-0.1, -0.05) is 12.1 Å². The van der Waals surface area contributed by atoms with Gasteiger partial charge in [0.1, 0.15) is 0 Å². The number of carboxylic acids is 1. The van der Waals surface area contributed by atoms with Crippen LogP contribution >= 0.6 is 0 Å². The number of benzene rings is 1. The van der Waals surface area contributed by atoms with Crippen molar-refractivity contribution in [1.82, 2.24) is 9.88 Å². The second-order valence-electron chi connectivity index (χ2n) is 5.09. The summed E-state index contributed by atoms with van der Waals surface area (Å²) < 4.78 is 10.6. The molecule has 0 saturated heterocycles. The highest BCUT2D eigenvalue weighted by Gasteiger charge is 2.16. The summed E-state index contributed by atoms with van der Waals surface area (Å²) in [7, 11) is 0. The molecule has 1 aromatic carbocycles. The zero-order chi connectivity index (χ0) is 15.4. The number of aliphatic carboxylic acids is 1. The van der Waals surface area contributed by atoms with E-state index in [4.69, 9.17) is 14.6 Å². The van der Waals surface area contributed by atoms with Gasteiger partial charge in [-0.25, -0.2) is 0 Å². The number of rotatable bonds is 6. The average Bonchev–Trinajstić information content (AvgIpc) is 2.95. The van der Waals surface area contributed by atoms with Crippen molar-refractivity contribution in [2.75, 3.05) is 13.3 Å². The Morgan fingerprint density at radius 1 is 1.18 bits per heavy atom. The number of hydrogen-bond donors (Lipinski definition) is 1. The predicted octanol–water partition coefficient (Wildman–Crippen LogP) is 1.90. The topological polar surface area (TPSA) is 71.9 Å². The maximum Gasteiger partial charge on any atom is 0.317 e. The van der Waals surface area contributed by atoms with Crippen molar-refractivity contribution in [1.29, 1.82) is 0 Å². The molecule has 6 nitrogen and oxygen atoms in total. The third kappa shape index (κ3) is 3.53. The second kappa shape index (κ2) is 6.44. The van der Waals surface area contributed by atoms with Crippen LogP contribution in [-0.2, 0) is 17.9 Å². The molecule has 1 aliphatic heterocycles. The molecular formula is C16H16N2O4. The van der Waals surface area contributed by atoms with Crippen molar-refractivity contribution < 1.29 is 19.4 Å². The monoisotopic (exact) mass is 300 g/mol. The van der Waals surface area contributed by atoms with Crippen molar-refractivity contribution in [2.45, 2.75) is 13.1 Å². The third-order valence-electron chi connectivity index (χ3n) is 3.33. The van der Waals surface area contributed by atoms with E-state index in [-0.39, 0.29) is 13.3 Å². The Morgan fingerprint density at radius 2 is 2.00 bits per heavy atom. The molecule has 0 radical (unpaired) electrons. The van der Waals surface area contributed by atoms with Gasteiger partial charge in [0.15, 0.2) is 11.5 Å². The molecule has 0 spiro atoms. The molecule has 2 aromatic rings. The van der Waals surface area contributed by atoms with E-state index in [1.54, 1.807) is 12.4 Å². The lowest BCUT2D eigenvalue weighted by Gasteiger charge is -2.20. The number of hydrogen-bond acceptors (Lipinski definition) is 5. The second-order valence-corrected chi connectivity index (χ2v) is 5.09. The summed E-state index contributed by atoms with van der Waals surface area (Å²) in [5.41, 5.74) is 1.96. The Kier molecular flexibility index (Phi) is 4.20. The van der Waals surface area contributed by atoms with Gasteiger partial charge >= 0.3 is 5.97 Å². The molecule has 1 aliphatic rings. The van der Waals surface area contributed by atoms with Crippen molar-refractivity contribution >= 4 is 5.97 Å². The van der Waals surface area contributed by atoms with E-state index in [1.165, 1.54) is 0 Å². The van der Waals surface area contributed by atoms with Gasteiger partial charge in [-0.15, -0.1) is 0 Å². The van der Waals surface area contributed by atoms with Crippen LogP contribution in [0.5, 0.6) is 11.5 Å². The van der Waals surface area contributed by atoms with E-state index < -0.39 is 5.97 Å². The molecule has 1 aromatic heterocycles. The van der Waals surface area contributed by atoms with Gasteiger partial charge in [0.25, 0.3) is 0 Å². The van der Waals surface area contributed by atoms with E-state index in [9.17, 15) is 4.79 Å². The van der Waals surface area contributed by atoms with Gasteiger partial charge in [0, 0.05) is 25.5 Å². The molecule has 0 amide bonds. The van der Waals surface area contributed by atoms with Gasteiger partial charge in [-0.2, -0.15) is 0 Å². The minimum absolute atomic E-state index is 0.0384. The number of pyridine rings is 1. The van der Waals surface area contributed by atoms with Gasteiger partial charge < -0.3 is 14.6 Å². The highest BCUT2D eigenvalue weighted by molar-refractivity contribution is 5.69. The maximum atomic E-state index is 11.1. The molecule has 114 valence electrons.